The van der Waals surface area contributed by atoms with Gasteiger partial charge in [-0.3, -0.25) is 20.4 Å². The maximum atomic E-state index is 13.0. The standard InChI is InChI=1S/C20H13FN2O3S/c21-14-7-5-12(6-8-14)17-9-10-18(27-17)20(25)23-22-19(24)16-11-13-3-1-2-4-15(13)26-16/h1-11H,(H,22,24)(H,23,25). The first-order chi connectivity index (χ1) is 13.1. The summed E-state index contributed by atoms with van der Waals surface area (Å²) in [6.07, 6.45) is 0. The predicted octanol–water partition coefficient (Wildman–Crippen LogP) is 4.38. The molecule has 27 heavy (non-hydrogen) atoms. The van der Waals surface area contributed by atoms with Crippen molar-refractivity contribution in [2.75, 3.05) is 0 Å². The lowest BCUT2D eigenvalue weighted by atomic mass is 10.2. The number of rotatable bonds is 3. The first kappa shape index (κ1) is 17.0. The van der Waals surface area contributed by atoms with Crippen LogP contribution in [0.4, 0.5) is 4.39 Å². The molecule has 4 aromatic rings. The quantitative estimate of drug-likeness (QED) is 0.518. The van der Waals surface area contributed by atoms with Crippen LogP contribution in [-0.4, -0.2) is 11.8 Å². The van der Waals surface area contributed by atoms with Gasteiger partial charge in [-0.2, -0.15) is 0 Å². The summed E-state index contributed by atoms with van der Waals surface area (Å²) in [5.74, 6) is -1.20. The first-order valence-corrected chi connectivity index (χ1v) is 8.87. The monoisotopic (exact) mass is 380 g/mol. The zero-order valence-corrected chi connectivity index (χ0v) is 14.7. The number of carbonyl (C=O) groups excluding carboxylic acids is 2. The Labute approximate surface area is 157 Å². The van der Waals surface area contributed by atoms with Gasteiger partial charge in [0.2, 0.25) is 0 Å². The smallest absolute Gasteiger partial charge is 0.305 e. The number of hydrogen-bond donors (Lipinski definition) is 2. The van der Waals surface area contributed by atoms with Gasteiger partial charge >= 0.3 is 5.91 Å². The van der Waals surface area contributed by atoms with Gasteiger partial charge in [-0.15, -0.1) is 11.3 Å². The van der Waals surface area contributed by atoms with Gasteiger partial charge in [0.1, 0.15) is 11.4 Å². The Morgan fingerprint density at radius 1 is 0.889 bits per heavy atom. The lowest BCUT2D eigenvalue weighted by molar-refractivity contribution is 0.0834. The van der Waals surface area contributed by atoms with Crippen LogP contribution in [0.5, 0.6) is 0 Å². The Bertz CT molecular complexity index is 1100. The third kappa shape index (κ3) is 3.58. The van der Waals surface area contributed by atoms with Gasteiger partial charge in [-0.05, 0) is 42.0 Å². The average molecular weight is 380 g/mol. The van der Waals surface area contributed by atoms with E-state index < -0.39 is 11.8 Å². The second-order valence-electron chi connectivity index (χ2n) is 5.73. The number of carbonyl (C=O) groups is 2. The fourth-order valence-corrected chi connectivity index (χ4v) is 3.47. The van der Waals surface area contributed by atoms with Gasteiger partial charge in [0, 0.05) is 10.3 Å². The third-order valence-corrected chi connectivity index (χ3v) is 5.03. The van der Waals surface area contributed by atoms with E-state index in [0.717, 1.165) is 15.8 Å². The highest BCUT2D eigenvalue weighted by atomic mass is 32.1. The van der Waals surface area contributed by atoms with Crippen LogP contribution < -0.4 is 10.9 Å². The van der Waals surface area contributed by atoms with Crippen molar-refractivity contribution in [3.8, 4) is 10.4 Å². The molecule has 2 N–H and O–H groups in total. The minimum Gasteiger partial charge on any atom is -0.451 e. The van der Waals surface area contributed by atoms with Crippen LogP contribution in [0.25, 0.3) is 21.4 Å². The highest BCUT2D eigenvalue weighted by Crippen LogP contribution is 2.28. The Kier molecular flexibility index (Phi) is 4.43. The summed E-state index contributed by atoms with van der Waals surface area (Å²) >= 11 is 1.24. The molecule has 0 aliphatic carbocycles. The molecule has 0 unspecified atom stereocenters. The average Bonchev–Trinajstić information content (AvgIpc) is 3.33. The van der Waals surface area contributed by atoms with Crippen LogP contribution in [0.1, 0.15) is 20.2 Å². The summed E-state index contributed by atoms with van der Waals surface area (Å²) in [6.45, 7) is 0. The van der Waals surface area contributed by atoms with E-state index in [1.165, 1.54) is 23.5 Å². The SMILES string of the molecule is O=C(NNC(=O)c1ccc(-c2ccc(F)cc2)s1)c1cc2ccccc2o1. The first-order valence-electron chi connectivity index (χ1n) is 8.05. The van der Waals surface area contributed by atoms with Gasteiger partial charge in [0.15, 0.2) is 5.76 Å². The topological polar surface area (TPSA) is 71.3 Å². The van der Waals surface area contributed by atoms with E-state index in [0.29, 0.717) is 10.5 Å². The largest absolute Gasteiger partial charge is 0.451 e. The van der Waals surface area contributed by atoms with Gasteiger partial charge in [0.05, 0.1) is 4.88 Å². The van der Waals surface area contributed by atoms with Gasteiger partial charge in [-0.25, -0.2) is 4.39 Å². The zero-order valence-electron chi connectivity index (χ0n) is 13.9. The van der Waals surface area contributed by atoms with Gasteiger partial charge in [-0.1, -0.05) is 30.3 Å². The maximum absolute atomic E-state index is 13.0. The third-order valence-electron chi connectivity index (χ3n) is 3.90. The molecule has 2 aromatic carbocycles. The second kappa shape index (κ2) is 7.05. The molecule has 0 saturated heterocycles. The fourth-order valence-electron chi connectivity index (χ4n) is 2.56. The van der Waals surface area contributed by atoms with E-state index in [1.54, 1.807) is 36.4 Å². The molecule has 5 nitrogen and oxygen atoms in total. The van der Waals surface area contributed by atoms with Crippen molar-refractivity contribution in [2.24, 2.45) is 0 Å². The van der Waals surface area contributed by atoms with Crippen molar-refractivity contribution >= 4 is 34.1 Å². The van der Waals surface area contributed by atoms with Crippen LogP contribution in [0.15, 0.2) is 71.1 Å². The van der Waals surface area contributed by atoms with Crippen LogP contribution in [0.3, 0.4) is 0 Å². The molecule has 4 rings (SSSR count). The van der Waals surface area contributed by atoms with Crippen molar-refractivity contribution in [2.45, 2.75) is 0 Å². The van der Waals surface area contributed by atoms with Crippen LogP contribution >= 0.6 is 11.3 Å². The highest BCUT2D eigenvalue weighted by Gasteiger charge is 2.15. The van der Waals surface area contributed by atoms with E-state index >= 15 is 0 Å². The minimum atomic E-state index is -0.546. The molecule has 0 aliphatic rings. The number of fused-ring (bicyclic) bond motifs is 1. The second-order valence-corrected chi connectivity index (χ2v) is 6.81. The molecule has 134 valence electrons. The summed E-state index contributed by atoms with van der Waals surface area (Å²) < 4.78 is 18.5. The number of amides is 2. The number of thiophene rings is 1. The maximum Gasteiger partial charge on any atom is 0.305 e. The van der Waals surface area contributed by atoms with E-state index in [-0.39, 0.29) is 11.6 Å². The molecule has 2 aromatic heterocycles. The molecule has 0 aliphatic heterocycles. The number of hydrazine groups is 1. The molecule has 2 amide bonds. The number of para-hydroxylation sites is 1. The normalized spacial score (nSPS) is 10.7. The lowest BCUT2D eigenvalue weighted by Gasteiger charge is -2.04. The Balaban J connectivity index is 1.42. The molecule has 0 bridgehead atoms. The number of furan rings is 1. The highest BCUT2D eigenvalue weighted by molar-refractivity contribution is 7.17. The Morgan fingerprint density at radius 3 is 2.41 bits per heavy atom. The molecule has 0 spiro atoms. The van der Waals surface area contributed by atoms with E-state index in [9.17, 15) is 14.0 Å². The van der Waals surface area contributed by atoms with E-state index in [2.05, 4.69) is 10.9 Å². The summed E-state index contributed by atoms with van der Waals surface area (Å²) in [5.41, 5.74) is 6.11. The molecule has 0 atom stereocenters. The molecule has 2 heterocycles. The molecule has 0 radical (unpaired) electrons. The molecule has 7 heteroatoms. The van der Waals surface area contributed by atoms with Crippen LogP contribution in [0, 0.1) is 5.82 Å². The molecule has 0 fully saturated rings. The molecule has 0 saturated carbocycles. The Hall–Kier alpha value is -3.45. The van der Waals surface area contributed by atoms with E-state index in [4.69, 9.17) is 4.42 Å². The lowest BCUT2D eigenvalue weighted by Crippen LogP contribution is -2.41. The van der Waals surface area contributed by atoms with Crippen molar-refractivity contribution in [1.82, 2.24) is 10.9 Å². The zero-order chi connectivity index (χ0) is 18.8. The van der Waals surface area contributed by atoms with E-state index in [1.807, 2.05) is 18.2 Å². The summed E-state index contributed by atoms with van der Waals surface area (Å²) in [7, 11) is 0. The summed E-state index contributed by atoms with van der Waals surface area (Å²) in [4.78, 5) is 25.6. The number of nitrogens with one attached hydrogen (secondary N) is 2. The van der Waals surface area contributed by atoms with Crippen molar-refractivity contribution in [3.63, 3.8) is 0 Å². The minimum absolute atomic E-state index is 0.106. The number of halogens is 1. The molecular formula is C20H13FN2O3S. The summed E-state index contributed by atoms with van der Waals surface area (Å²) in [6, 6.07) is 18.3. The van der Waals surface area contributed by atoms with Crippen LogP contribution in [-0.2, 0) is 0 Å². The number of benzene rings is 2. The molecular weight excluding hydrogens is 367 g/mol. The summed E-state index contributed by atoms with van der Waals surface area (Å²) in [5, 5.41) is 0.802. The van der Waals surface area contributed by atoms with Gasteiger partial charge in [0.25, 0.3) is 5.91 Å². The van der Waals surface area contributed by atoms with Crippen molar-refractivity contribution < 1.29 is 18.4 Å². The Morgan fingerprint density at radius 2 is 1.63 bits per heavy atom. The number of hydrogen-bond acceptors (Lipinski definition) is 4. The van der Waals surface area contributed by atoms with Crippen molar-refractivity contribution in [1.29, 1.82) is 0 Å². The van der Waals surface area contributed by atoms with Crippen molar-refractivity contribution in [3.05, 3.63) is 83.2 Å². The van der Waals surface area contributed by atoms with Crippen LogP contribution in [0.2, 0.25) is 0 Å². The predicted molar refractivity (Wildman–Crippen MR) is 101 cm³/mol. The van der Waals surface area contributed by atoms with Gasteiger partial charge < -0.3 is 4.42 Å². The fraction of sp³-hybridized carbons (Fsp3) is 0.